The summed E-state index contributed by atoms with van der Waals surface area (Å²) in [5.41, 5.74) is 7.41. The highest BCUT2D eigenvalue weighted by molar-refractivity contribution is 7.10. The molecule has 2 rings (SSSR count). The average Bonchev–Trinajstić information content (AvgIpc) is 2.62. The Morgan fingerprint density at radius 2 is 2.12 bits per heavy atom. The van der Waals surface area contributed by atoms with E-state index in [1.165, 1.54) is 0 Å². The lowest BCUT2D eigenvalue weighted by atomic mass is 10.0. The van der Waals surface area contributed by atoms with E-state index in [0.717, 1.165) is 4.88 Å². The Morgan fingerprint density at radius 3 is 2.69 bits per heavy atom. The van der Waals surface area contributed by atoms with Crippen molar-refractivity contribution in [1.82, 2.24) is 0 Å². The van der Waals surface area contributed by atoms with Gasteiger partial charge in [-0.05, 0) is 36.6 Å². The Labute approximate surface area is 103 Å². The number of hydrogen-bond acceptors (Lipinski definition) is 3. The quantitative estimate of drug-likeness (QED) is 0.656. The summed E-state index contributed by atoms with van der Waals surface area (Å²) in [4.78, 5) is 13.1. The van der Waals surface area contributed by atoms with Crippen molar-refractivity contribution in [1.29, 1.82) is 0 Å². The number of hydrogen-bond donors (Lipinski definition) is 1. The van der Waals surface area contributed by atoms with E-state index in [-0.39, 0.29) is 5.78 Å². The van der Waals surface area contributed by atoms with Gasteiger partial charge < -0.3 is 5.73 Å². The number of nitrogen functional groups attached to an aromatic ring is 1. The van der Waals surface area contributed by atoms with Crippen molar-refractivity contribution in [2.75, 3.05) is 5.73 Å². The molecule has 0 aliphatic carbocycles. The van der Waals surface area contributed by atoms with Gasteiger partial charge in [-0.15, -0.1) is 11.3 Å². The maximum atomic E-state index is 12.1. The summed E-state index contributed by atoms with van der Waals surface area (Å²) < 4.78 is 0. The van der Waals surface area contributed by atoms with Crippen LogP contribution < -0.4 is 5.73 Å². The second-order valence-corrected chi connectivity index (χ2v) is 5.05. The predicted molar refractivity (Wildman–Crippen MR) is 68.4 cm³/mol. The summed E-state index contributed by atoms with van der Waals surface area (Å²) in [7, 11) is 0. The highest BCUT2D eigenvalue weighted by Crippen LogP contribution is 2.22. The normalized spacial score (nSPS) is 10.4. The molecule has 1 aromatic carbocycles. The lowest BCUT2D eigenvalue weighted by Gasteiger charge is -2.02. The summed E-state index contributed by atoms with van der Waals surface area (Å²) in [6.45, 7) is 1.92. The second-order valence-electron chi connectivity index (χ2n) is 3.49. The first kappa shape index (κ1) is 11.2. The second kappa shape index (κ2) is 4.28. The number of anilines is 1. The Morgan fingerprint density at radius 1 is 1.38 bits per heavy atom. The molecule has 1 aromatic heterocycles. The Balaban J connectivity index is 2.45. The summed E-state index contributed by atoms with van der Waals surface area (Å²) in [6, 6.07) is 6.72. The molecule has 16 heavy (non-hydrogen) atoms. The van der Waals surface area contributed by atoms with Gasteiger partial charge in [-0.2, -0.15) is 0 Å². The number of thiophene rings is 1. The molecule has 2 N–H and O–H groups in total. The zero-order valence-corrected chi connectivity index (χ0v) is 10.2. The molecule has 0 amide bonds. The molecule has 1 heterocycles. The van der Waals surface area contributed by atoms with Crippen molar-refractivity contribution in [2.45, 2.75) is 6.92 Å². The maximum Gasteiger partial charge on any atom is 0.194 e. The number of carbonyl (C=O) groups excluding carboxylic acids is 1. The molecule has 0 fully saturated rings. The lowest BCUT2D eigenvalue weighted by Crippen LogP contribution is -2.02. The SMILES string of the molecule is Cc1sccc1C(=O)c1cc(N)cc(Cl)c1. The molecule has 0 aliphatic rings. The van der Waals surface area contributed by atoms with E-state index in [1.54, 1.807) is 29.5 Å². The van der Waals surface area contributed by atoms with Gasteiger partial charge >= 0.3 is 0 Å². The number of nitrogens with two attached hydrogens (primary N) is 1. The molecule has 82 valence electrons. The van der Waals surface area contributed by atoms with Gasteiger partial charge in [0.2, 0.25) is 0 Å². The topological polar surface area (TPSA) is 43.1 Å². The summed E-state index contributed by atoms with van der Waals surface area (Å²) in [5, 5.41) is 2.38. The number of ketones is 1. The highest BCUT2D eigenvalue weighted by atomic mass is 35.5. The van der Waals surface area contributed by atoms with Crippen LogP contribution >= 0.6 is 22.9 Å². The monoisotopic (exact) mass is 251 g/mol. The zero-order chi connectivity index (χ0) is 11.7. The first-order valence-electron chi connectivity index (χ1n) is 4.73. The third-order valence-electron chi connectivity index (χ3n) is 2.29. The van der Waals surface area contributed by atoms with Gasteiger partial charge in [0.25, 0.3) is 0 Å². The van der Waals surface area contributed by atoms with Crippen molar-refractivity contribution < 1.29 is 4.79 Å². The molecule has 0 spiro atoms. The van der Waals surface area contributed by atoms with E-state index in [4.69, 9.17) is 17.3 Å². The minimum absolute atomic E-state index is 0.0343. The number of halogens is 1. The fraction of sp³-hybridized carbons (Fsp3) is 0.0833. The van der Waals surface area contributed by atoms with Crippen LogP contribution in [0.1, 0.15) is 20.8 Å². The van der Waals surface area contributed by atoms with E-state index in [1.807, 2.05) is 18.4 Å². The van der Waals surface area contributed by atoms with Crippen LogP contribution in [0.4, 0.5) is 5.69 Å². The third kappa shape index (κ3) is 2.10. The summed E-state index contributed by atoms with van der Waals surface area (Å²) in [5.74, 6) is -0.0343. The van der Waals surface area contributed by atoms with Crippen molar-refractivity contribution in [3.63, 3.8) is 0 Å². The van der Waals surface area contributed by atoms with E-state index in [0.29, 0.717) is 21.8 Å². The molecule has 0 aliphatic heterocycles. The molecular formula is C12H10ClNOS. The first-order valence-corrected chi connectivity index (χ1v) is 5.98. The van der Waals surface area contributed by atoms with Crippen LogP contribution in [-0.4, -0.2) is 5.78 Å². The van der Waals surface area contributed by atoms with Crippen LogP contribution in [0.25, 0.3) is 0 Å². The van der Waals surface area contributed by atoms with E-state index in [9.17, 15) is 4.79 Å². The molecular weight excluding hydrogens is 242 g/mol. The number of carbonyl (C=O) groups is 1. The first-order chi connectivity index (χ1) is 7.58. The number of benzene rings is 1. The highest BCUT2D eigenvalue weighted by Gasteiger charge is 2.13. The molecule has 0 saturated heterocycles. The smallest absolute Gasteiger partial charge is 0.194 e. The fourth-order valence-corrected chi connectivity index (χ4v) is 2.46. The Bertz CT molecular complexity index is 527. The largest absolute Gasteiger partial charge is 0.399 e. The van der Waals surface area contributed by atoms with Gasteiger partial charge in [-0.3, -0.25) is 4.79 Å². The molecule has 0 atom stereocenters. The minimum Gasteiger partial charge on any atom is -0.399 e. The molecule has 2 nitrogen and oxygen atoms in total. The summed E-state index contributed by atoms with van der Waals surface area (Å²) >= 11 is 7.42. The molecule has 4 heteroatoms. The average molecular weight is 252 g/mol. The van der Waals surface area contributed by atoms with Crippen molar-refractivity contribution >= 4 is 34.4 Å². The van der Waals surface area contributed by atoms with Crippen LogP contribution in [0.5, 0.6) is 0 Å². The van der Waals surface area contributed by atoms with Gasteiger partial charge in [0.05, 0.1) is 0 Å². The molecule has 0 unspecified atom stereocenters. The van der Waals surface area contributed by atoms with Crippen molar-refractivity contribution in [3.05, 3.63) is 50.7 Å². The molecule has 0 radical (unpaired) electrons. The minimum atomic E-state index is -0.0343. The Kier molecular flexibility index (Phi) is 2.99. The van der Waals surface area contributed by atoms with E-state index >= 15 is 0 Å². The van der Waals surface area contributed by atoms with Gasteiger partial charge in [0, 0.05) is 26.7 Å². The lowest BCUT2D eigenvalue weighted by molar-refractivity contribution is 0.103. The van der Waals surface area contributed by atoms with Gasteiger partial charge in [0.15, 0.2) is 5.78 Å². The fourth-order valence-electron chi connectivity index (χ4n) is 1.52. The van der Waals surface area contributed by atoms with Crippen LogP contribution in [0.3, 0.4) is 0 Å². The molecule has 2 aromatic rings. The Hall–Kier alpha value is -1.32. The van der Waals surface area contributed by atoms with Gasteiger partial charge in [-0.25, -0.2) is 0 Å². The molecule has 0 saturated carbocycles. The van der Waals surface area contributed by atoms with Gasteiger partial charge in [-0.1, -0.05) is 11.6 Å². The zero-order valence-electron chi connectivity index (χ0n) is 8.66. The standard InChI is InChI=1S/C12H10ClNOS/c1-7-11(2-3-16-7)12(15)8-4-9(13)6-10(14)5-8/h2-6H,14H2,1H3. The van der Waals surface area contributed by atoms with Crippen LogP contribution in [-0.2, 0) is 0 Å². The predicted octanol–water partition coefficient (Wildman–Crippen LogP) is 3.52. The van der Waals surface area contributed by atoms with Crippen molar-refractivity contribution in [3.8, 4) is 0 Å². The third-order valence-corrected chi connectivity index (χ3v) is 3.35. The van der Waals surface area contributed by atoms with E-state index < -0.39 is 0 Å². The van der Waals surface area contributed by atoms with Crippen molar-refractivity contribution in [2.24, 2.45) is 0 Å². The molecule has 0 bridgehead atoms. The van der Waals surface area contributed by atoms with Crippen LogP contribution in [0.15, 0.2) is 29.6 Å². The number of rotatable bonds is 2. The van der Waals surface area contributed by atoms with E-state index in [2.05, 4.69) is 0 Å². The summed E-state index contributed by atoms with van der Waals surface area (Å²) in [6.07, 6.45) is 0. The maximum absolute atomic E-state index is 12.1. The van der Waals surface area contributed by atoms with Crippen LogP contribution in [0.2, 0.25) is 5.02 Å². The van der Waals surface area contributed by atoms with Crippen LogP contribution in [0, 0.1) is 6.92 Å². The number of aryl methyl sites for hydroxylation is 1. The van der Waals surface area contributed by atoms with Gasteiger partial charge in [0.1, 0.15) is 0 Å².